The maximum absolute atomic E-state index is 12.5. The molecular formula is C20H21NO5S. The van der Waals surface area contributed by atoms with Crippen LogP contribution in [0, 0.1) is 0 Å². The smallest absolute Gasteiger partial charge is 0.240 e. The topological polar surface area (TPSA) is 73.9 Å². The van der Waals surface area contributed by atoms with E-state index in [1.165, 1.54) is 0 Å². The van der Waals surface area contributed by atoms with Gasteiger partial charge in [0.05, 0.1) is 19.1 Å². The number of ether oxygens (including phenoxy) is 3. The second-order valence-electron chi connectivity index (χ2n) is 5.80. The fraction of sp³-hybridized carbons (Fsp3) is 0.200. The summed E-state index contributed by atoms with van der Waals surface area (Å²) in [6, 6.07) is 17.6. The molecule has 142 valence electrons. The minimum atomic E-state index is -3.61. The number of hydrogen-bond acceptors (Lipinski definition) is 5. The zero-order valence-corrected chi connectivity index (χ0v) is 16.0. The standard InChI is InChI=1S/C20H21NO5S/c1-24-17-6-8-18(9-7-17)26-12-11-21-27(22,23)20-10-4-15-13-19(25-2)5-3-16(15)14-20/h3-10,13-14,21H,11-12H2,1-2H3. The number of nitrogens with one attached hydrogen (secondary N) is 1. The molecule has 0 amide bonds. The van der Waals surface area contributed by atoms with Crippen molar-refractivity contribution in [1.82, 2.24) is 4.72 Å². The van der Waals surface area contributed by atoms with Gasteiger partial charge in [-0.3, -0.25) is 0 Å². The molecule has 0 aliphatic carbocycles. The van der Waals surface area contributed by atoms with Crippen molar-refractivity contribution in [2.24, 2.45) is 0 Å². The van der Waals surface area contributed by atoms with Gasteiger partial charge in [0.25, 0.3) is 0 Å². The number of benzene rings is 3. The predicted molar refractivity (Wildman–Crippen MR) is 104 cm³/mol. The lowest BCUT2D eigenvalue weighted by molar-refractivity contribution is 0.322. The van der Waals surface area contributed by atoms with Crippen LogP contribution in [0.15, 0.2) is 65.6 Å². The third kappa shape index (κ3) is 4.69. The SMILES string of the molecule is COc1ccc(OCCNS(=O)(=O)c2ccc3cc(OC)ccc3c2)cc1. The molecule has 0 aromatic heterocycles. The summed E-state index contributed by atoms with van der Waals surface area (Å²) in [5.74, 6) is 2.11. The number of hydrogen-bond donors (Lipinski definition) is 1. The normalized spacial score (nSPS) is 11.3. The van der Waals surface area contributed by atoms with Crippen molar-refractivity contribution in [2.45, 2.75) is 4.90 Å². The van der Waals surface area contributed by atoms with Gasteiger partial charge in [0.15, 0.2) is 0 Å². The van der Waals surface area contributed by atoms with Crippen molar-refractivity contribution in [3.63, 3.8) is 0 Å². The molecule has 6 nitrogen and oxygen atoms in total. The van der Waals surface area contributed by atoms with Gasteiger partial charge in [-0.05, 0) is 59.3 Å². The zero-order valence-electron chi connectivity index (χ0n) is 15.1. The van der Waals surface area contributed by atoms with Gasteiger partial charge in [-0.25, -0.2) is 13.1 Å². The van der Waals surface area contributed by atoms with Crippen LogP contribution < -0.4 is 18.9 Å². The summed E-state index contributed by atoms with van der Waals surface area (Å²) < 4.78 is 43.3. The number of fused-ring (bicyclic) bond motifs is 1. The van der Waals surface area contributed by atoms with Crippen LogP contribution in [0.5, 0.6) is 17.2 Å². The van der Waals surface area contributed by atoms with Crippen LogP contribution in [-0.4, -0.2) is 35.8 Å². The average Bonchev–Trinajstić information content (AvgIpc) is 2.70. The zero-order chi connectivity index (χ0) is 19.3. The van der Waals surface area contributed by atoms with Crippen LogP contribution in [0.25, 0.3) is 10.8 Å². The summed E-state index contributed by atoms with van der Waals surface area (Å²) in [5, 5.41) is 1.74. The van der Waals surface area contributed by atoms with Gasteiger partial charge < -0.3 is 14.2 Å². The Kier molecular flexibility index (Phi) is 5.83. The molecule has 0 unspecified atom stereocenters. The van der Waals surface area contributed by atoms with Crippen LogP contribution in [0.3, 0.4) is 0 Å². The third-order valence-corrected chi connectivity index (χ3v) is 5.51. The molecule has 7 heteroatoms. The molecule has 0 bridgehead atoms. The average molecular weight is 387 g/mol. The van der Waals surface area contributed by atoms with E-state index in [4.69, 9.17) is 14.2 Å². The van der Waals surface area contributed by atoms with Crippen LogP contribution >= 0.6 is 0 Å². The van der Waals surface area contributed by atoms with E-state index in [1.807, 2.05) is 12.1 Å². The maximum atomic E-state index is 12.5. The fourth-order valence-electron chi connectivity index (χ4n) is 2.60. The molecular weight excluding hydrogens is 366 g/mol. The van der Waals surface area contributed by atoms with E-state index in [1.54, 1.807) is 62.8 Å². The minimum absolute atomic E-state index is 0.162. The molecule has 0 fully saturated rings. The van der Waals surface area contributed by atoms with E-state index >= 15 is 0 Å². The number of rotatable bonds is 8. The second kappa shape index (κ2) is 8.28. The Labute approximate surface area is 158 Å². The lowest BCUT2D eigenvalue weighted by Gasteiger charge is -2.10. The van der Waals surface area contributed by atoms with Gasteiger partial charge in [-0.15, -0.1) is 0 Å². The first-order chi connectivity index (χ1) is 13.0. The van der Waals surface area contributed by atoms with E-state index in [0.717, 1.165) is 22.3 Å². The van der Waals surface area contributed by atoms with E-state index in [0.29, 0.717) is 5.75 Å². The molecule has 0 heterocycles. The first-order valence-corrected chi connectivity index (χ1v) is 9.84. The summed E-state index contributed by atoms with van der Waals surface area (Å²) in [7, 11) is -0.427. The highest BCUT2D eigenvalue weighted by molar-refractivity contribution is 7.89. The molecule has 3 aromatic rings. The summed E-state index contributed by atoms with van der Waals surface area (Å²) in [5.41, 5.74) is 0. The van der Waals surface area contributed by atoms with E-state index < -0.39 is 10.0 Å². The van der Waals surface area contributed by atoms with Crippen LogP contribution in [0.2, 0.25) is 0 Å². The molecule has 3 aromatic carbocycles. The van der Waals surface area contributed by atoms with Gasteiger partial charge >= 0.3 is 0 Å². The Bertz CT molecular complexity index is 1020. The number of sulfonamides is 1. The monoisotopic (exact) mass is 387 g/mol. The van der Waals surface area contributed by atoms with Crippen molar-refractivity contribution >= 4 is 20.8 Å². The minimum Gasteiger partial charge on any atom is -0.497 e. The van der Waals surface area contributed by atoms with Crippen molar-refractivity contribution in [3.05, 3.63) is 60.7 Å². The van der Waals surface area contributed by atoms with Gasteiger partial charge in [-0.2, -0.15) is 0 Å². The van der Waals surface area contributed by atoms with E-state index in [9.17, 15) is 8.42 Å². The summed E-state index contributed by atoms with van der Waals surface area (Å²) in [6.07, 6.45) is 0. The highest BCUT2D eigenvalue weighted by Crippen LogP contribution is 2.23. The molecule has 0 atom stereocenters. The summed E-state index contributed by atoms with van der Waals surface area (Å²) in [6.45, 7) is 0.380. The lowest BCUT2D eigenvalue weighted by atomic mass is 10.1. The van der Waals surface area contributed by atoms with Crippen molar-refractivity contribution < 1.29 is 22.6 Å². The Hall–Kier alpha value is -2.77. The predicted octanol–water partition coefficient (Wildman–Crippen LogP) is 3.21. The van der Waals surface area contributed by atoms with Gasteiger partial charge in [-0.1, -0.05) is 12.1 Å². The summed E-state index contributed by atoms with van der Waals surface area (Å²) >= 11 is 0. The van der Waals surface area contributed by atoms with Crippen LogP contribution in [0.4, 0.5) is 0 Å². The Balaban J connectivity index is 1.61. The van der Waals surface area contributed by atoms with Gasteiger partial charge in [0.2, 0.25) is 10.0 Å². The quantitative estimate of drug-likeness (QED) is 0.601. The van der Waals surface area contributed by atoms with Crippen molar-refractivity contribution in [1.29, 1.82) is 0 Å². The molecule has 0 spiro atoms. The first-order valence-electron chi connectivity index (χ1n) is 8.36. The molecule has 1 N–H and O–H groups in total. The molecule has 27 heavy (non-hydrogen) atoms. The highest BCUT2D eigenvalue weighted by Gasteiger charge is 2.14. The fourth-order valence-corrected chi connectivity index (χ4v) is 3.64. The largest absolute Gasteiger partial charge is 0.497 e. The van der Waals surface area contributed by atoms with Crippen LogP contribution in [0.1, 0.15) is 0 Å². The molecule has 0 radical (unpaired) electrons. The molecule has 3 rings (SSSR count). The molecule has 0 saturated heterocycles. The third-order valence-electron chi connectivity index (χ3n) is 4.05. The van der Waals surface area contributed by atoms with E-state index in [-0.39, 0.29) is 18.0 Å². The van der Waals surface area contributed by atoms with Crippen LogP contribution in [-0.2, 0) is 10.0 Å². The lowest BCUT2D eigenvalue weighted by Crippen LogP contribution is -2.28. The van der Waals surface area contributed by atoms with Crippen molar-refractivity contribution in [3.8, 4) is 17.2 Å². The molecule has 0 aliphatic rings. The Morgan fingerprint density at radius 3 is 2.07 bits per heavy atom. The molecule has 0 saturated carbocycles. The maximum Gasteiger partial charge on any atom is 0.240 e. The molecule has 0 aliphatic heterocycles. The van der Waals surface area contributed by atoms with Crippen molar-refractivity contribution in [2.75, 3.05) is 27.4 Å². The Morgan fingerprint density at radius 1 is 0.778 bits per heavy atom. The summed E-state index contributed by atoms with van der Waals surface area (Å²) in [4.78, 5) is 0.213. The highest BCUT2D eigenvalue weighted by atomic mass is 32.2. The van der Waals surface area contributed by atoms with Gasteiger partial charge in [0.1, 0.15) is 23.9 Å². The Morgan fingerprint density at radius 2 is 1.37 bits per heavy atom. The first kappa shape index (κ1) is 19.0. The number of methoxy groups -OCH3 is 2. The van der Waals surface area contributed by atoms with E-state index in [2.05, 4.69) is 4.72 Å². The van der Waals surface area contributed by atoms with Gasteiger partial charge in [0, 0.05) is 6.54 Å². The second-order valence-corrected chi connectivity index (χ2v) is 7.56.